The van der Waals surface area contributed by atoms with E-state index < -0.39 is 0 Å². The Bertz CT molecular complexity index is 714. The molecule has 0 aliphatic heterocycles. The van der Waals surface area contributed by atoms with Crippen molar-refractivity contribution in [3.63, 3.8) is 0 Å². The van der Waals surface area contributed by atoms with Crippen molar-refractivity contribution in [2.24, 2.45) is 4.99 Å². The van der Waals surface area contributed by atoms with Gasteiger partial charge in [-0.3, -0.25) is 4.99 Å². The molecule has 0 heterocycles. The summed E-state index contributed by atoms with van der Waals surface area (Å²) in [5.41, 5.74) is 2.32. The number of nitrogens with zero attached hydrogens (tertiary/aromatic N) is 1. The molecule has 1 saturated carbocycles. The number of benzene rings is 2. The van der Waals surface area contributed by atoms with Crippen LogP contribution in [0, 0.1) is 5.82 Å². The average Bonchev–Trinajstić information content (AvgIpc) is 3.40. The van der Waals surface area contributed by atoms with Crippen molar-refractivity contribution < 1.29 is 4.39 Å². The normalized spacial score (nSPS) is 16.5. The van der Waals surface area contributed by atoms with Crippen LogP contribution >= 0.6 is 24.0 Å². The first-order chi connectivity index (χ1) is 11.6. The molecule has 2 N–H and O–H groups in total. The summed E-state index contributed by atoms with van der Waals surface area (Å²) in [5, 5.41) is 6.82. The highest BCUT2D eigenvalue weighted by molar-refractivity contribution is 14.0. The molecule has 3 rings (SSSR count). The monoisotopic (exact) mass is 453 g/mol. The van der Waals surface area contributed by atoms with Crippen molar-refractivity contribution >= 4 is 29.9 Å². The molecule has 1 aliphatic rings. The molecule has 0 saturated heterocycles. The Kier molecular flexibility index (Phi) is 6.81. The molecule has 1 atom stereocenters. The van der Waals surface area contributed by atoms with E-state index in [9.17, 15) is 4.39 Å². The molecule has 134 valence electrons. The number of aliphatic imine (C=N–C) groups is 1. The van der Waals surface area contributed by atoms with E-state index in [0.717, 1.165) is 30.9 Å². The van der Waals surface area contributed by atoms with Gasteiger partial charge in [-0.25, -0.2) is 4.39 Å². The van der Waals surface area contributed by atoms with Crippen LogP contribution in [0.25, 0.3) is 0 Å². The summed E-state index contributed by atoms with van der Waals surface area (Å²) in [6.07, 6.45) is 2.16. The maximum atomic E-state index is 13.5. The minimum atomic E-state index is -0.168. The smallest absolute Gasteiger partial charge is 0.191 e. The summed E-state index contributed by atoms with van der Waals surface area (Å²) in [6, 6.07) is 17.4. The van der Waals surface area contributed by atoms with E-state index in [2.05, 4.69) is 34.7 Å². The molecule has 25 heavy (non-hydrogen) atoms. The molecule has 1 unspecified atom stereocenters. The summed E-state index contributed by atoms with van der Waals surface area (Å²) in [4.78, 5) is 4.32. The second kappa shape index (κ2) is 8.65. The number of halogens is 2. The third kappa shape index (κ3) is 4.93. The molecule has 0 spiro atoms. The molecule has 3 nitrogen and oxygen atoms in total. The maximum absolute atomic E-state index is 13.5. The first kappa shape index (κ1) is 19.7. The van der Waals surface area contributed by atoms with Gasteiger partial charge in [0.25, 0.3) is 0 Å². The van der Waals surface area contributed by atoms with Crippen molar-refractivity contribution in [2.75, 3.05) is 13.6 Å². The van der Waals surface area contributed by atoms with Crippen LogP contribution in [0.3, 0.4) is 0 Å². The fourth-order valence-electron chi connectivity index (χ4n) is 3.01. The highest BCUT2D eigenvalue weighted by Gasteiger charge is 2.44. The van der Waals surface area contributed by atoms with Gasteiger partial charge in [0.05, 0.1) is 6.04 Å². The van der Waals surface area contributed by atoms with Crippen molar-refractivity contribution in [3.05, 3.63) is 71.5 Å². The molecule has 0 radical (unpaired) electrons. The highest BCUT2D eigenvalue weighted by atomic mass is 127. The summed E-state index contributed by atoms with van der Waals surface area (Å²) in [7, 11) is 1.77. The van der Waals surface area contributed by atoms with Crippen molar-refractivity contribution in [3.8, 4) is 0 Å². The molecule has 2 aromatic carbocycles. The van der Waals surface area contributed by atoms with E-state index in [0.29, 0.717) is 0 Å². The first-order valence-corrected chi connectivity index (χ1v) is 8.41. The van der Waals surface area contributed by atoms with E-state index in [1.54, 1.807) is 19.2 Å². The van der Waals surface area contributed by atoms with Crippen molar-refractivity contribution in [2.45, 2.75) is 31.2 Å². The lowest BCUT2D eigenvalue weighted by Gasteiger charge is -2.22. The SMILES string of the molecule is CN=C(NCC1(c2cccc(F)c2)CC1)NC(C)c1ccccc1.I. The summed E-state index contributed by atoms with van der Waals surface area (Å²) in [5.74, 6) is 0.605. The Hall–Kier alpha value is -1.63. The van der Waals surface area contributed by atoms with Crippen molar-refractivity contribution in [1.82, 2.24) is 10.6 Å². The Morgan fingerprint density at radius 3 is 2.48 bits per heavy atom. The minimum Gasteiger partial charge on any atom is -0.356 e. The van der Waals surface area contributed by atoms with Gasteiger partial charge in [0.2, 0.25) is 0 Å². The van der Waals surface area contributed by atoms with Crippen molar-refractivity contribution in [1.29, 1.82) is 0 Å². The van der Waals surface area contributed by atoms with Gasteiger partial charge in [-0.2, -0.15) is 0 Å². The Balaban J connectivity index is 0.00000225. The quantitative estimate of drug-likeness (QED) is 0.400. The molecule has 5 heteroatoms. The second-order valence-electron chi connectivity index (χ2n) is 6.49. The van der Waals surface area contributed by atoms with Crippen LogP contribution in [-0.2, 0) is 5.41 Å². The van der Waals surface area contributed by atoms with Crippen LogP contribution in [0.2, 0.25) is 0 Å². The molecule has 0 amide bonds. The molecule has 1 fully saturated rings. The van der Waals surface area contributed by atoms with Crippen LogP contribution in [0.1, 0.15) is 36.9 Å². The third-order valence-electron chi connectivity index (χ3n) is 4.76. The van der Waals surface area contributed by atoms with Crippen LogP contribution in [0.15, 0.2) is 59.6 Å². The van der Waals surface area contributed by atoms with Gasteiger partial charge in [0.15, 0.2) is 5.96 Å². The van der Waals surface area contributed by atoms with Gasteiger partial charge in [-0.1, -0.05) is 42.5 Å². The fraction of sp³-hybridized carbons (Fsp3) is 0.350. The zero-order chi connectivity index (χ0) is 17.0. The van der Waals surface area contributed by atoms with Gasteiger partial charge in [0, 0.05) is 19.0 Å². The lowest BCUT2D eigenvalue weighted by molar-refractivity contribution is 0.602. The second-order valence-corrected chi connectivity index (χ2v) is 6.49. The summed E-state index contributed by atoms with van der Waals surface area (Å²) in [6.45, 7) is 2.87. The van der Waals surface area contributed by atoms with E-state index in [4.69, 9.17) is 0 Å². The zero-order valence-electron chi connectivity index (χ0n) is 14.6. The van der Waals surface area contributed by atoms with Crippen LogP contribution in [0.5, 0.6) is 0 Å². The van der Waals surface area contributed by atoms with Gasteiger partial charge >= 0.3 is 0 Å². The minimum absolute atomic E-state index is 0. The van der Waals surface area contributed by atoms with Gasteiger partial charge in [0.1, 0.15) is 5.82 Å². The largest absolute Gasteiger partial charge is 0.356 e. The van der Waals surface area contributed by atoms with Gasteiger partial charge in [-0.05, 0) is 43.0 Å². The van der Waals surface area contributed by atoms with Gasteiger partial charge in [-0.15, -0.1) is 24.0 Å². The number of hydrogen-bond donors (Lipinski definition) is 2. The number of rotatable bonds is 5. The summed E-state index contributed by atoms with van der Waals surface area (Å²) >= 11 is 0. The van der Waals surface area contributed by atoms with E-state index in [1.807, 2.05) is 24.3 Å². The molecular weight excluding hydrogens is 428 g/mol. The number of guanidine groups is 1. The Morgan fingerprint density at radius 1 is 1.16 bits per heavy atom. The highest BCUT2D eigenvalue weighted by Crippen LogP contribution is 2.47. The molecule has 0 bridgehead atoms. The lowest BCUT2D eigenvalue weighted by atomic mass is 9.96. The molecule has 0 aromatic heterocycles. The molecule has 1 aliphatic carbocycles. The van der Waals surface area contributed by atoms with E-state index in [-0.39, 0.29) is 41.3 Å². The van der Waals surface area contributed by atoms with E-state index in [1.165, 1.54) is 11.6 Å². The summed E-state index contributed by atoms with van der Waals surface area (Å²) < 4.78 is 13.5. The van der Waals surface area contributed by atoms with E-state index >= 15 is 0 Å². The Morgan fingerprint density at radius 2 is 1.88 bits per heavy atom. The average molecular weight is 453 g/mol. The number of hydrogen-bond acceptors (Lipinski definition) is 1. The first-order valence-electron chi connectivity index (χ1n) is 8.41. The Labute approximate surface area is 166 Å². The number of nitrogens with one attached hydrogen (secondary N) is 2. The third-order valence-corrected chi connectivity index (χ3v) is 4.76. The molecular formula is C20H25FIN3. The standard InChI is InChI=1S/C20H24FN3.HI/c1-15(16-7-4-3-5-8-16)24-19(22-2)23-14-20(11-12-20)17-9-6-10-18(21)13-17;/h3-10,13,15H,11-12,14H2,1-2H3,(H2,22,23,24);1H. The van der Waals surface area contributed by atoms with Crippen LogP contribution < -0.4 is 10.6 Å². The topological polar surface area (TPSA) is 36.4 Å². The predicted octanol–water partition coefficient (Wildman–Crippen LogP) is 4.40. The van der Waals surface area contributed by atoms with Gasteiger partial charge < -0.3 is 10.6 Å². The zero-order valence-corrected chi connectivity index (χ0v) is 17.0. The predicted molar refractivity (Wildman–Crippen MR) is 112 cm³/mol. The maximum Gasteiger partial charge on any atom is 0.191 e. The fourth-order valence-corrected chi connectivity index (χ4v) is 3.01. The van der Waals surface area contributed by atoms with Crippen LogP contribution in [-0.4, -0.2) is 19.6 Å². The lowest BCUT2D eigenvalue weighted by Crippen LogP contribution is -2.42. The molecule has 2 aromatic rings. The van der Waals surface area contributed by atoms with Crippen LogP contribution in [0.4, 0.5) is 4.39 Å².